The molecule has 3 N–H and O–H groups in total. The van der Waals surface area contributed by atoms with Crippen LogP contribution in [0.15, 0.2) is 71.6 Å². The van der Waals surface area contributed by atoms with Crippen LogP contribution >= 0.6 is 0 Å². The van der Waals surface area contributed by atoms with Gasteiger partial charge in [0.05, 0.1) is 17.4 Å². The van der Waals surface area contributed by atoms with Crippen molar-refractivity contribution in [1.29, 1.82) is 0 Å². The minimum absolute atomic E-state index is 0.0953. The highest BCUT2D eigenvalue weighted by Crippen LogP contribution is 2.34. The number of benzene rings is 3. The molecule has 214 valence electrons. The Morgan fingerprint density at radius 1 is 1.02 bits per heavy atom. The number of aryl methyl sites for hydroxylation is 2. The number of sulfonamides is 1. The Bertz CT molecular complexity index is 1590. The number of piperazine rings is 1. The third kappa shape index (κ3) is 6.34. The van der Waals surface area contributed by atoms with Gasteiger partial charge >= 0.3 is 0 Å². The number of hydrogen-bond acceptors (Lipinski definition) is 5. The van der Waals surface area contributed by atoms with Crippen LogP contribution in [0.2, 0.25) is 0 Å². The zero-order valence-corrected chi connectivity index (χ0v) is 24.0. The third-order valence-electron chi connectivity index (χ3n) is 7.60. The molecule has 1 fully saturated rings. The van der Waals surface area contributed by atoms with Gasteiger partial charge in [-0.05, 0) is 72.7 Å². The molecule has 0 saturated carbocycles. The van der Waals surface area contributed by atoms with Crippen molar-refractivity contribution in [2.24, 2.45) is 0 Å². The van der Waals surface area contributed by atoms with Gasteiger partial charge in [-0.1, -0.05) is 48.0 Å². The van der Waals surface area contributed by atoms with Gasteiger partial charge in [0.25, 0.3) is 0 Å². The monoisotopic (exact) mass is 574 g/mol. The highest BCUT2D eigenvalue weighted by molar-refractivity contribution is 7.89. The molecule has 3 amide bonds. The zero-order valence-electron chi connectivity index (χ0n) is 23.1. The highest BCUT2D eigenvalue weighted by atomic mass is 32.2. The number of nitrogens with zero attached hydrogens (tertiary/aromatic N) is 1. The maximum Gasteiger partial charge on any atom is 0.243 e. The van der Waals surface area contributed by atoms with Crippen LogP contribution in [0.1, 0.15) is 48.9 Å². The Balaban J connectivity index is 1.32. The molecular formula is C31H34N4O5S. The molecule has 2 aliphatic rings. The topological polar surface area (TPSA) is 125 Å². The largest absolute Gasteiger partial charge is 0.353 e. The molecule has 3 aromatic rings. The zero-order chi connectivity index (χ0) is 29.1. The van der Waals surface area contributed by atoms with E-state index >= 15 is 0 Å². The molecule has 0 unspecified atom stereocenters. The van der Waals surface area contributed by atoms with E-state index in [0.717, 1.165) is 57.1 Å². The lowest BCUT2D eigenvalue weighted by Crippen LogP contribution is -2.58. The standard InChI is InChI=1S/C31H34N4O5S/c1-20-9-12-26(13-10-20)41(39,40)35-16-15-32-31(38)29(35)19-30(37)34-28-8-4-6-24-17-23(11-14-27(24)28)22-5-3-7-25(18-22)33-21(2)36/h3,5,7,9-14,17-18,28-29H,4,6,8,15-16,19H2,1-2H3,(H,32,38)(H,33,36)(H,34,37)/t28-,29-/m1/s1. The number of anilines is 1. The summed E-state index contributed by atoms with van der Waals surface area (Å²) in [6.45, 7) is 3.63. The maximum absolute atomic E-state index is 13.4. The van der Waals surface area contributed by atoms with Gasteiger partial charge in [0.15, 0.2) is 0 Å². The second-order valence-corrected chi connectivity index (χ2v) is 12.5. The molecule has 0 spiro atoms. The fourth-order valence-corrected chi connectivity index (χ4v) is 7.16. The van der Waals surface area contributed by atoms with Gasteiger partial charge in [-0.2, -0.15) is 4.31 Å². The molecule has 5 rings (SSSR count). The van der Waals surface area contributed by atoms with E-state index in [-0.39, 0.29) is 42.3 Å². The van der Waals surface area contributed by atoms with E-state index in [1.54, 1.807) is 12.1 Å². The first-order chi connectivity index (χ1) is 19.6. The molecular weight excluding hydrogens is 540 g/mol. The molecule has 2 atom stereocenters. The van der Waals surface area contributed by atoms with Gasteiger partial charge in [-0.3, -0.25) is 14.4 Å². The van der Waals surface area contributed by atoms with E-state index < -0.39 is 22.0 Å². The molecule has 0 radical (unpaired) electrons. The molecule has 0 aromatic heterocycles. The summed E-state index contributed by atoms with van der Waals surface area (Å²) >= 11 is 0. The lowest BCUT2D eigenvalue weighted by molar-refractivity contribution is -0.132. The van der Waals surface area contributed by atoms with Crippen molar-refractivity contribution in [3.63, 3.8) is 0 Å². The van der Waals surface area contributed by atoms with Crippen molar-refractivity contribution in [3.05, 3.63) is 83.4 Å². The average Bonchev–Trinajstić information content (AvgIpc) is 2.94. The number of carbonyl (C=O) groups excluding carboxylic acids is 3. The van der Waals surface area contributed by atoms with E-state index in [0.29, 0.717) is 0 Å². The van der Waals surface area contributed by atoms with Crippen LogP contribution in [0.3, 0.4) is 0 Å². The summed E-state index contributed by atoms with van der Waals surface area (Å²) in [6.07, 6.45) is 2.23. The number of nitrogens with one attached hydrogen (secondary N) is 3. The number of fused-ring (bicyclic) bond motifs is 1. The van der Waals surface area contributed by atoms with E-state index in [9.17, 15) is 22.8 Å². The first-order valence-electron chi connectivity index (χ1n) is 13.8. The Hall–Kier alpha value is -4.02. The van der Waals surface area contributed by atoms with Gasteiger partial charge in [-0.15, -0.1) is 0 Å². The van der Waals surface area contributed by atoms with E-state index in [1.165, 1.54) is 19.1 Å². The minimum Gasteiger partial charge on any atom is -0.353 e. The van der Waals surface area contributed by atoms with Crippen molar-refractivity contribution in [1.82, 2.24) is 14.9 Å². The van der Waals surface area contributed by atoms with Crippen molar-refractivity contribution in [3.8, 4) is 11.1 Å². The van der Waals surface area contributed by atoms with Crippen LogP contribution < -0.4 is 16.0 Å². The average molecular weight is 575 g/mol. The molecule has 3 aromatic carbocycles. The predicted octanol–water partition coefficient (Wildman–Crippen LogP) is 3.69. The molecule has 9 nitrogen and oxygen atoms in total. The Morgan fingerprint density at radius 2 is 1.78 bits per heavy atom. The maximum atomic E-state index is 13.4. The lowest BCUT2D eigenvalue weighted by Gasteiger charge is -2.34. The van der Waals surface area contributed by atoms with Gasteiger partial charge in [0.2, 0.25) is 27.7 Å². The van der Waals surface area contributed by atoms with Crippen molar-refractivity contribution < 1.29 is 22.8 Å². The van der Waals surface area contributed by atoms with Crippen LogP contribution in [0.5, 0.6) is 0 Å². The summed E-state index contributed by atoms with van der Waals surface area (Å²) in [5, 5.41) is 8.58. The minimum atomic E-state index is -3.96. The Kier molecular flexibility index (Phi) is 8.23. The molecule has 1 heterocycles. The van der Waals surface area contributed by atoms with Crippen molar-refractivity contribution in [2.75, 3.05) is 18.4 Å². The van der Waals surface area contributed by atoms with E-state index in [1.807, 2.05) is 43.3 Å². The van der Waals surface area contributed by atoms with Crippen molar-refractivity contribution in [2.45, 2.75) is 56.5 Å². The van der Waals surface area contributed by atoms with Gasteiger partial charge < -0.3 is 16.0 Å². The number of carbonyl (C=O) groups is 3. The summed E-state index contributed by atoms with van der Waals surface area (Å²) < 4.78 is 28.0. The fraction of sp³-hybridized carbons (Fsp3) is 0.323. The number of hydrogen-bond donors (Lipinski definition) is 3. The smallest absolute Gasteiger partial charge is 0.243 e. The Labute approximate surface area is 240 Å². The van der Waals surface area contributed by atoms with Crippen LogP contribution in [0.25, 0.3) is 11.1 Å². The SMILES string of the molecule is CC(=O)Nc1cccc(-c2ccc3c(c2)CCC[C@H]3NC(=O)C[C@@H]2C(=O)NCCN2S(=O)(=O)c2ccc(C)cc2)c1. The van der Waals surface area contributed by atoms with Gasteiger partial charge in [0.1, 0.15) is 6.04 Å². The molecule has 1 aliphatic carbocycles. The summed E-state index contributed by atoms with van der Waals surface area (Å²) in [5.41, 5.74) is 5.78. The summed E-state index contributed by atoms with van der Waals surface area (Å²) in [7, 11) is -3.96. The molecule has 10 heteroatoms. The van der Waals surface area contributed by atoms with E-state index in [2.05, 4.69) is 22.0 Å². The normalized spacial score (nSPS) is 19.1. The first kappa shape index (κ1) is 28.5. The summed E-state index contributed by atoms with van der Waals surface area (Å²) in [5.74, 6) is -0.980. The van der Waals surface area contributed by atoms with Crippen LogP contribution in [-0.4, -0.2) is 49.6 Å². The second-order valence-electron chi connectivity index (χ2n) is 10.6. The summed E-state index contributed by atoms with van der Waals surface area (Å²) in [6, 6.07) is 18.9. The molecule has 1 aliphatic heterocycles. The van der Waals surface area contributed by atoms with Crippen LogP contribution in [-0.2, 0) is 30.8 Å². The molecule has 0 bridgehead atoms. The lowest BCUT2D eigenvalue weighted by atomic mass is 9.85. The fourth-order valence-electron chi connectivity index (χ4n) is 5.57. The predicted molar refractivity (Wildman–Crippen MR) is 156 cm³/mol. The van der Waals surface area contributed by atoms with Crippen LogP contribution in [0.4, 0.5) is 5.69 Å². The van der Waals surface area contributed by atoms with Gasteiger partial charge in [-0.25, -0.2) is 8.42 Å². The quantitative estimate of drug-likeness (QED) is 0.397. The first-order valence-corrected chi connectivity index (χ1v) is 15.2. The van der Waals surface area contributed by atoms with Crippen LogP contribution in [0, 0.1) is 6.92 Å². The Morgan fingerprint density at radius 3 is 2.54 bits per heavy atom. The number of amides is 3. The summed E-state index contributed by atoms with van der Waals surface area (Å²) in [4.78, 5) is 37.6. The number of rotatable bonds is 7. The van der Waals surface area contributed by atoms with Crippen molar-refractivity contribution >= 4 is 33.4 Å². The molecule has 41 heavy (non-hydrogen) atoms. The van der Waals surface area contributed by atoms with E-state index in [4.69, 9.17) is 0 Å². The highest BCUT2D eigenvalue weighted by Gasteiger charge is 2.40. The van der Waals surface area contributed by atoms with Gasteiger partial charge in [0, 0.05) is 25.7 Å². The molecule has 1 saturated heterocycles. The second kappa shape index (κ2) is 11.8. The third-order valence-corrected chi connectivity index (χ3v) is 9.52.